The number of rotatable bonds is 10. The van der Waals surface area contributed by atoms with Gasteiger partial charge in [-0.05, 0) is 54.3 Å². The number of nitrogens with zero attached hydrogens (tertiary/aromatic N) is 4. The fourth-order valence-corrected chi connectivity index (χ4v) is 2.76. The second kappa shape index (κ2) is 18.2. The maximum Gasteiger partial charge on any atom is 0.137 e. The molecule has 166 valence electrons. The van der Waals surface area contributed by atoms with Crippen LogP contribution >= 0.6 is 49.6 Å². The minimum absolute atomic E-state index is 0. The van der Waals surface area contributed by atoms with Crippen LogP contribution in [0.3, 0.4) is 0 Å². The van der Waals surface area contributed by atoms with E-state index < -0.39 is 0 Å². The van der Waals surface area contributed by atoms with Crippen molar-refractivity contribution in [1.82, 2.24) is 19.9 Å². The molecule has 0 N–H and O–H groups in total. The Morgan fingerprint density at radius 1 is 0.700 bits per heavy atom. The average molecular weight is 494 g/mol. The van der Waals surface area contributed by atoms with E-state index in [1.807, 2.05) is 43.0 Å². The van der Waals surface area contributed by atoms with Gasteiger partial charge in [-0.15, -0.1) is 49.6 Å². The highest BCUT2D eigenvalue weighted by Gasteiger charge is 2.07. The van der Waals surface area contributed by atoms with Crippen molar-refractivity contribution in [3.8, 4) is 5.75 Å². The van der Waals surface area contributed by atoms with E-state index in [9.17, 15) is 0 Å². The predicted molar refractivity (Wildman–Crippen MR) is 131 cm³/mol. The molecule has 0 spiro atoms. The van der Waals surface area contributed by atoms with Crippen LogP contribution in [0, 0.1) is 0 Å². The molecule has 0 bridgehead atoms. The van der Waals surface area contributed by atoms with E-state index in [0.717, 1.165) is 38.2 Å². The lowest BCUT2D eigenvalue weighted by molar-refractivity contribution is 0.229. The topological polar surface area (TPSA) is 51.1 Å². The first-order valence-corrected chi connectivity index (χ1v) is 8.93. The fourth-order valence-electron chi connectivity index (χ4n) is 2.76. The summed E-state index contributed by atoms with van der Waals surface area (Å²) in [5.41, 5.74) is 2.54. The number of halogens is 4. The Balaban J connectivity index is 0. The van der Waals surface area contributed by atoms with Gasteiger partial charge in [-0.25, -0.2) is 0 Å². The molecule has 0 aliphatic carbocycles. The third kappa shape index (κ3) is 11.5. The van der Waals surface area contributed by atoms with Gasteiger partial charge in [-0.2, -0.15) is 0 Å². The van der Waals surface area contributed by atoms with Crippen LogP contribution in [0.25, 0.3) is 0 Å². The lowest BCUT2D eigenvalue weighted by atomic mass is 10.2. The summed E-state index contributed by atoms with van der Waals surface area (Å²) in [6.45, 7) is 3.56. The van der Waals surface area contributed by atoms with E-state index in [1.54, 1.807) is 12.4 Å². The van der Waals surface area contributed by atoms with E-state index in [2.05, 4.69) is 38.1 Å². The van der Waals surface area contributed by atoms with Crippen molar-refractivity contribution in [2.75, 3.05) is 19.7 Å². The monoisotopic (exact) mass is 492 g/mol. The van der Waals surface area contributed by atoms with Crippen molar-refractivity contribution in [3.63, 3.8) is 0 Å². The van der Waals surface area contributed by atoms with Gasteiger partial charge in [0.2, 0.25) is 0 Å². The van der Waals surface area contributed by atoms with Crippen molar-refractivity contribution >= 4 is 49.6 Å². The second-order valence-electron chi connectivity index (χ2n) is 6.13. The van der Waals surface area contributed by atoms with E-state index in [4.69, 9.17) is 4.74 Å². The van der Waals surface area contributed by atoms with Crippen LogP contribution in [0.4, 0.5) is 0 Å². The third-order valence-electron chi connectivity index (χ3n) is 4.12. The molecule has 0 aromatic carbocycles. The third-order valence-corrected chi connectivity index (χ3v) is 4.12. The van der Waals surface area contributed by atoms with Crippen LogP contribution in [0.2, 0.25) is 0 Å². The number of aromatic nitrogens is 3. The van der Waals surface area contributed by atoms with E-state index >= 15 is 0 Å². The van der Waals surface area contributed by atoms with Crippen LogP contribution in [0.15, 0.2) is 73.6 Å². The standard InChI is InChI=1S/C21H24N4O.4ClH/c1-4-19(16-23-9-1)8-14-25(18-20-6-11-22-12-7-20)13-3-15-26-21-5-2-10-24-17-21;;;;/h1-2,4-7,9-12,16-17H,3,8,13-15,18H2;4*1H. The van der Waals surface area contributed by atoms with Gasteiger partial charge in [0.25, 0.3) is 0 Å². The zero-order chi connectivity index (χ0) is 17.9. The zero-order valence-electron chi connectivity index (χ0n) is 16.5. The SMILES string of the molecule is Cl.Cl.Cl.Cl.c1cncc(CCN(CCCOc2cccnc2)Cc2ccncc2)c1. The molecule has 5 nitrogen and oxygen atoms in total. The minimum Gasteiger partial charge on any atom is -0.492 e. The summed E-state index contributed by atoms with van der Waals surface area (Å²) < 4.78 is 5.76. The zero-order valence-corrected chi connectivity index (χ0v) is 19.8. The summed E-state index contributed by atoms with van der Waals surface area (Å²) in [4.78, 5) is 14.8. The normalized spacial score (nSPS) is 9.37. The highest BCUT2D eigenvalue weighted by atomic mass is 35.5. The van der Waals surface area contributed by atoms with Crippen LogP contribution in [0.5, 0.6) is 5.75 Å². The molecule has 3 rings (SSSR count). The Hall–Kier alpha value is -1.63. The van der Waals surface area contributed by atoms with Gasteiger partial charge in [0.1, 0.15) is 5.75 Å². The van der Waals surface area contributed by atoms with E-state index in [-0.39, 0.29) is 49.6 Å². The number of hydrogen-bond donors (Lipinski definition) is 0. The molecule has 0 aliphatic rings. The highest BCUT2D eigenvalue weighted by Crippen LogP contribution is 2.09. The van der Waals surface area contributed by atoms with Gasteiger partial charge in [-0.1, -0.05) is 6.07 Å². The molecular formula is C21H28Cl4N4O. The van der Waals surface area contributed by atoms with Crippen LogP contribution in [-0.4, -0.2) is 39.5 Å². The molecule has 3 aromatic heterocycles. The van der Waals surface area contributed by atoms with Crippen molar-refractivity contribution in [1.29, 1.82) is 0 Å². The Bertz CT molecular complexity index is 755. The Kier molecular flexibility index (Phi) is 18.5. The molecule has 0 fully saturated rings. The summed E-state index contributed by atoms with van der Waals surface area (Å²) in [5, 5.41) is 0. The molecule has 3 aromatic rings. The number of hydrogen-bond acceptors (Lipinski definition) is 5. The quantitative estimate of drug-likeness (QED) is 0.369. The van der Waals surface area contributed by atoms with Gasteiger partial charge in [-0.3, -0.25) is 19.9 Å². The Morgan fingerprint density at radius 2 is 1.40 bits per heavy atom. The van der Waals surface area contributed by atoms with Crippen molar-refractivity contribution < 1.29 is 4.74 Å². The second-order valence-corrected chi connectivity index (χ2v) is 6.13. The van der Waals surface area contributed by atoms with Crippen molar-refractivity contribution in [2.45, 2.75) is 19.4 Å². The predicted octanol–water partition coefficient (Wildman–Crippen LogP) is 5.07. The van der Waals surface area contributed by atoms with Gasteiger partial charge in [0, 0.05) is 50.6 Å². The highest BCUT2D eigenvalue weighted by molar-refractivity contribution is 5.86. The summed E-state index contributed by atoms with van der Waals surface area (Å²) in [6, 6.07) is 12.1. The number of ether oxygens (including phenoxy) is 1. The lowest BCUT2D eigenvalue weighted by Crippen LogP contribution is -2.28. The molecule has 0 aliphatic heterocycles. The van der Waals surface area contributed by atoms with Crippen molar-refractivity contribution in [2.24, 2.45) is 0 Å². The summed E-state index contributed by atoms with van der Waals surface area (Å²) in [5.74, 6) is 0.823. The summed E-state index contributed by atoms with van der Waals surface area (Å²) in [6.07, 6.45) is 12.9. The fraction of sp³-hybridized carbons (Fsp3) is 0.286. The van der Waals surface area contributed by atoms with Gasteiger partial charge in [0.15, 0.2) is 0 Å². The first-order valence-electron chi connectivity index (χ1n) is 8.93. The van der Waals surface area contributed by atoms with Gasteiger partial charge < -0.3 is 4.74 Å². The Morgan fingerprint density at radius 3 is 2.03 bits per heavy atom. The molecule has 0 saturated carbocycles. The van der Waals surface area contributed by atoms with Gasteiger partial charge in [0.05, 0.1) is 12.8 Å². The van der Waals surface area contributed by atoms with E-state index in [0.29, 0.717) is 6.61 Å². The maximum atomic E-state index is 5.76. The van der Waals surface area contributed by atoms with Crippen LogP contribution in [0.1, 0.15) is 17.5 Å². The summed E-state index contributed by atoms with van der Waals surface area (Å²) >= 11 is 0. The minimum atomic E-state index is 0. The molecule has 0 amide bonds. The maximum absolute atomic E-state index is 5.76. The largest absolute Gasteiger partial charge is 0.492 e. The first kappa shape index (κ1) is 30.6. The van der Waals surface area contributed by atoms with Gasteiger partial charge >= 0.3 is 0 Å². The van der Waals surface area contributed by atoms with E-state index in [1.165, 1.54) is 11.1 Å². The molecular weight excluding hydrogens is 466 g/mol. The molecule has 9 heteroatoms. The summed E-state index contributed by atoms with van der Waals surface area (Å²) in [7, 11) is 0. The molecule has 0 unspecified atom stereocenters. The molecule has 3 heterocycles. The first-order chi connectivity index (χ1) is 12.9. The van der Waals surface area contributed by atoms with Crippen molar-refractivity contribution in [3.05, 3.63) is 84.7 Å². The molecule has 30 heavy (non-hydrogen) atoms. The molecule has 0 radical (unpaired) electrons. The van der Waals surface area contributed by atoms with Crippen LogP contribution in [-0.2, 0) is 13.0 Å². The molecule has 0 atom stereocenters. The number of pyridine rings is 3. The smallest absolute Gasteiger partial charge is 0.137 e. The van der Waals surface area contributed by atoms with Crippen LogP contribution < -0.4 is 4.74 Å². The molecule has 0 saturated heterocycles. The Labute approximate surface area is 203 Å². The average Bonchev–Trinajstić information content (AvgIpc) is 2.71. The lowest BCUT2D eigenvalue weighted by Gasteiger charge is -2.22.